The number of imidazole rings is 1. The molecule has 140 valence electrons. The Balaban J connectivity index is 1.24. The van der Waals surface area contributed by atoms with Crippen molar-refractivity contribution in [2.24, 2.45) is 0 Å². The van der Waals surface area contributed by atoms with Crippen LogP contribution in [0.25, 0.3) is 11.2 Å². The van der Waals surface area contributed by atoms with Crippen LogP contribution in [0.15, 0.2) is 30.9 Å². The number of nitrogens with zero attached hydrogens (tertiary/aromatic N) is 4. The van der Waals surface area contributed by atoms with Gasteiger partial charge in [-0.2, -0.15) is 0 Å². The van der Waals surface area contributed by atoms with Crippen LogP contribution >= 0.6 is 0 Å². The molecule has 0 atom stereocenters. The van der Waals surface area contributed by atoms with Crippen molar-refractivity contribution in [3.8, 4) is 5.75 Å². The van der Waals surface area contributed by atoms with E-state index in [4.69, 9.17) is 4.74 Å². The van der Waals surface area contributed by atoms with Crippen LogP contribution in [-0.2, 0) is 17.6 Å². The lowest BCUT2D eigenvalue weighted by Crippen LogP contribution is -2.37. The van der Waals surface area contributed by atoms with E-state index in [2.05, 4.69) is 37.4 Å². The molecule has 2 aromatic heterocycles. The molecule has 0 saturated heterocycles. The zero-order valence-electron chi connectivity index (χ0n) is 15.2. The van der Waals surface area contributed by atoms with Crippen molar-refractivity contribution in [3.05, 3.63) is 42.0 Å². The Morgan fingerprint density at radius 1 is 1.26 bits per heavy atom. The number of carbonyl (C=O) groups is 1. The number of H-pyrrole nitrogens is 1. The number of carbonyl (C=O) groups excluding carboxylic acids is 1. The van der Waals surface area contributed by atoms with Gasteiger partial charge in [0.1, 0.15) is 24.2 Å². The average molecular weight is 366 g/mol. The van der Waals surface area contributed by atoms with Gasteiger partial charge in [0.2, 0.25) is 5.91 Å². The predicted molar refractivity (Wildman–Crippen MR) is 102 cm³/mol. The second-order valence-corrected chi connectivity index (χ2v) is 6.64. The lowest BCUT2D eigenvalue weighted by Gasteiger charge is -2.17. The number of fused-ring (bicyclic) bond motifs is 2. The Morgan fingerprint density at radius 3 is 3.07 bits per heavy atom. The van der Waals surface area contributed by atoms with Gasteiger partial charge < -0.3 is 19.9 Å². The van der Waals surface area contributed by atoms with E-state index in [1.807, 2.05) is 13.1 Å². The molecule has 4 rings (SSSR count). The van der Waals surface area contributed by atoms with E-state index in [0.717, 1.165) is 18.6 Å². The predicted octanol–water partition coefficient (Wildman–Crippen LogP) is 1.47. The first-order valence-electron chi connectivity index (χ1n) is 9.07. The minimum atomic E-state index is -0.0960. The fraction of sp³-hybridized carbons (Fsp3) is 0.368. The summed E-state index contributed by atoms with van der Waals surface area (Å²) in [7, 11) is 1.81. The standard InChI is InChI=1S/C19H22N6O2/c1-25(19-17-18(22-11-21-17)23-12-24-19)10-16(26)20-7-8-27-15-6-5-13-3-2-4-14(13)9-15/h5-6,9,11-12H,2-4,7-8,10H2,1H3,(H,20,26)(H,21,22,23,24). The van der Waals surface area contributed by atoms with Gasteiger partial charge in [0.25, 0.3) is 0 Å². The van der Waals surface area contributed by atoms with Gasteiger partial charge in [-0.1, -0.05) is 6.07 Å². The van der Waals surface area contributed by atoms with Crippen molar-refractivity contribution in [3.63, 3.8) is 0 Å². The van der Waals surface area contributed by atoms with Crippen molar-refractivity contribution >= 4 is 22.9 Å². The zero-order chi connectivity index (χ0) is 18.6. The number of hydrogen-bond acceptors (Lipinski definition) is 6. The molecule has 3 aromatic rings. The van der Waals surface area contributed by atoms with Crippen LogP contribution in [0.5, 0.6) is 5.75 Å². The van der Waals surface area contributed by atoms with Crippen molar-refractivity contribution in [2.45, 2.75) is 19.3 Å². The Bertz CT molecular complexity index is 954. The number of likely N-dealkylation sites (N-methyl/N-ethyl adjacent to an activating group) is 1. The van der Waals surface area contributed by atoms with E-state index in [0.29, 0.717) is 30.1 Å². The molecule has 1 aliphatic rings. The molecule has 1 aromatic carbocycles. The maximum Gasteiger partial charge on any atom is 0.239 e. The van der Waals surface area contributed by atoms with Gasteiger partial charge in [0.15, 0.2) is 11.5 Å². The first kappa shape index (κ1) is 17.3. The smallest absolute Gasteiger partial charge is 0.239 e. The summed E-state index contributed by atoms with van der Waals surface area (Å²) < 4.78 is 5.76. The summed E-state index contributed by atoms with van der Waals surface area (Å²) in [6, 6.07) is 6.26. The fourth-order valence-electron chi connectivity index (χ4n) is 3.39. The van der Waals surface area contributed by atoms with Crippen molar-refractivity contribution in [2.75, 3.05) is 31.6 Å². The minimum absolute atomic E-state index is 0.0960. The zero-order valence-corrected chi connectivity index (χ0v) is 15.2. The van der Waals surface area contributed by atoms with E-state index >= 15 is 0 Å². The topological polar surface area (TPSA) is 96.0 Å². The number of hydrogen-bond donors (Lipinski definition) is 2. The van der Waals surface area contributed by atoms with E-state index in [1.165, 1.54) is 23.9 Å². The van der Waals surface area contributed by atoms with Crippen LogP contribution in [-0.4, -0.2) is 52.6 Å². The summed E-state index contributed by atoms with van der Waals surface area (Å²) in [4.78, 5) is 29.4. The van der Waals surface area contributed by atoms with E-state index in [1.54, 1.807) is 11.2 Å². The van der Waals surface area contributed by atoms with Gasteiger partial charge in [0, 0.05) is 7.05 Å². The second-order valence-electron chi connectivity index (χ2n) is 6.64. The van der Waals surface area contributed by atoms with Gasteiger partial charge in [-0.05, 0) is 42.5 Å². The number of anilines is 1. The molecule has 0 fully saturated rings. The third kappa shape index (κ3) is 3.84. The number of ether oxygens (including phenoxy) is 1. The van der Waals surface area contributed by atoms with Crippen LogP contribution in [0.1, 0.15) is 17.5 Å². The van der Waals surface area contributed by atoms with Gasteiger partial charge >= 0.3 is 0 Å². The van der Waals surface area contributed by atoms with Crippen molar-refractivity contribution in [1.82, 2.24) is 25.3 Å². The van der Waals surface area contributed by atoms with E-state index < -0.39 is 0 Å². The number of benzene rings is 1. The molecule has 0 unspecified atom stereocenters. The Labute approximate surface area is 157 Å². The molecule has 27 heavy (non-hydrogen) atoms. The third-order valence-corrected chi connectivity index (χ3v) is 4.71. The SMILES string of the molecule is CN(CC(=O)NCCOc1ccc2c(c1)CCC2)c1ncnc2nc[nH]c12. The molecule has 2 N–H and O–H groups in total. The van der Waals surface area contributed by atoms with Crippen LogP contribution in [0.3, 0.4) is 0 Å². The number of amides is 1. The molecular formula is C19H22N6O2. The van der Waals surface area contributed by atoms with E-state index in [-0.39, 0.29) is 12.5 Å². The Morgan fingerprint density at radius 2 is 2.15 bits per heavy atom. The van der Waals surface area contributed by atoms with Gasteiger partial charge in [0.05, 0.1) is 19.4 Å². The normalized spacial score (nSPS) is 12.8. The molecule has 0 radical (unpaired) electrons. The van der Waals surface area contributed by atoms with Crippen LogP contribution < -0.4 is 15.0 Å². The lowest BCUT2D eigenvalue weighted by molar-refractivity contribution is -0.119. The highest BCUT2D eigenvalue weighted by atomic mass is 16.5. The summed E-state index contributed by atoms with van der Waals surface area (Å²) in [5.74, 6) is 1.41. The Kier molecular flexibility index (Phi) is 4.86. The quantitative estimate of drug-likeness (QED) is 0.615. The summed E-state index contributed by atoms with van der Waals surface area (Å²) in [6.07, 6.45) is 6.52. The highest BCUT2D eigenvalue weighted by Gasteiger charge is 2.14. The number of aryl methyl sites for hydroxylation is 2. The monoisotopic (exact) mass is 366 g/mol. The highest BCUT2D eigenvalue weighted by molar-refractivity contribution is 5.86. The summed E-state index contributed by atoms with van der Waals surface area (Å²) in [6.45, 7) is 1.07. The van der Waals surface area contributed by atoms with Gasteiger partial charge in [-0.3, -0.25) is 4.79 Å². The molecule has 0 aliphatic heterocycles. The number of nitrogens with one attached hydrogen (secondary N) is 2. The molecule has 1 aliphatic carbocycles. The average Bonchev–Trinajstić information content (AvgIpc) is 3.33. The summed E-state index contributed by atoms with van der Waals surface area (Å²) in [5.41, 5.74) is 4.10. The van der Waals surface area contributed by atoms with Gasteiger partial charge in [-0.15, -0.1) is 0 Å². The Hall–Kier alpha value is -3.16. The molecule has 8 nitrogen and oxygen atoms in total. The minimum Gasteiger partial charge on any atom is -0.492 e. The number of aromatic nitrogens is 4. The summed E-state index contributed by atoms with van der Waals surface area (Å²) in [5, 5.41) is 2.87. The lowest BCUT2D eigenvalue weighted by atomic mass is 10.1. The fourth-order valence-corrected chi connectivity index (χ4v) is 3.39. The van der Waals surface area contributed by atoms with E-state index in [9.17, 15) is 4.79 Å². The van der Waals surface area contributed by atoms with Crippen molar-refractivity contribution in [1.29, 1.82) is 0 Å². The first-order chi connectivity index (χ1) is 13.2. The first-order valence-corrected chi connectivity index (χ1v) is 9.07. The van der Waals surface area contributed by atoms with Crippen molar-refractivity contribution < 1.29 is 9.53 Å². The van der Waals surface area contributed by atoms with Crippen LogP contribution in [0, 0.1) is 0 Å². The molecule has 0 bridgehead atoms. The second kappa shape index (κ2) is 7.61. The largest absolute Gasteiger partial charge is 0.492 e. The molecule has 0 spiro atoms. The van der Waals surface area contributed by atoms with Crippen LogP contribution in [0.2, 0.25) is 0 Å². The molecule has 2 heterocycles. The molecule has 0 saturated carbocycles. The summed E-state index contributed by atoms with van der Waals surface area (Å²) >= 11 is 0. The maximum absolute atomic E-state index is 12.2. The van der Waals surface area contributed by atoms with Gasteiger partial charge in [-0.25, -0.2) is 15.0 Å². The highest BCUT2D eigenvalue weighted by Crippen LogP contribution is 2.25. The molecule has 1 amide bonds. The number of aromatic amines is 1. The molecule has 8 heteroatoms. The third-order valence-electron chi connectivity index (χ3n) is 4.71. The maximum atomic E-state index is 12.2. The molecular weight excluding hydrogens is 344 g/mol. The number of rotatable bonds is 7. The van der Waals surface area contributed by atoms with Crippen LogP contribution in [0.4, 0.5) is 5.82 Å².